The molecule has 0 bridgehead atoms. The van der Waals surface area contributed by atoms with Crippen LogP contribution < -0.4 is 14.8 Å². The van der Waals surface area contributed by atoms with Crippen molar-refractivity contribution in [2.24, 2.45) is 0 Å². The van der Waals surface area contributed by atoms with Gasteiger partial charge in [-0.15, -0.1) is 0 Å². The number of carbonyl (C=O) groups is 1. The number of ether oxygens (including phenoxy) is 2. The number of carbonyl (C=O) groups excluding carboxylic acids is 1. The van der Waals surface area contributed by atoms with E-state index in [-0.39, 0.29) is 23.5 Å². The minimum absolute atomic E-state index is 0.0123. The van der Waals surface area contributed by atoms with Gasteiger partial charge >= 0.3 is 0 Å². The summed E-state index contributed by atoms with van der Waals surface area (Å²) in [6, 6.07) is 5.20. The fraction of sp³-hybridized carbons (Fsp3) is 0.588. The maximum absolute atomic E-state index is 12.3. The maximum Gasteiger partial charge on any atom is 0.225 e. The molecule has 1 unspecified atom stereocenters. The van der Waals surface area contributed by atoms with E-state index in [1.165, 1.54) is 7.11 Å². The number of hydrogen-bond donors (Lipinski definition) is 1. The average Bonchev–Trinajstić information content (AvgIpc) is 2.95. The first kappa shape index (κ1) is 19.5. The third-order valence-electron chi connectivity index (χ3n) is 4.44. The van der Waals surface area contributed by atoms with E-state index in [2.05, 4.69) is 10.2 Å². The van der Waals surface area contributed by atoms with Crippen LogP contribution in [-0.4, -0.2) is 64.1 Å². The summed E-state index contributed by atoms with van der Waals surface area (Å²) in [7, 11) is 0.173. The molecule has 1 saturated heterocycles. The van der Waals surface area contributed by atoms with Crippen molar-refractivity contribution >= 4 is 21.4 Å². The molecule has 1 heterocycles. The number of anilines is 1. The van der Waals surface area contributed by atoms with Gasteiger partial charge in [-0.05, 0) is 25.1 Å². The second kappa shape index (κ2) is 8.53. The highest BCUT2D eigenvalue weighted by Gasteiger charge is 2.31. The number of rotatable bonds is 8. The molecule has 8 heteroatoms. The summed E-state index contributed by atoms with van der Waals surface area (Å²) in [5, 5.41) is 2.83. The lowest BCUT2D eigenvalue weighted by Gasteiger charge is -2.26. The zero-order chi connectivity index (χ0) is 18.4. The highest BCUT2D eigenvalue weighted by molar-refractivity contribution is 7.91. The van der Waals surface area contributed by atoms with Crippen LogP contribution in [0.3, 0.4) is 0 Å². The molecule has 1 amide bonds. The van der Waals surface area contributed by atoms with Crippen LogP contribution in [0.5, 0.6) is 11.5 Å². The minimum atomic E-state index is -2.92. The molecule has 0 radical (unpaired) electrons. The predicted molar refractivity (Wildman–Crippen MR) is 97.1 cm³/mol. The van der Waals surface area contributed by atoms with Crippen LogP contribution in [0.4, 0.5) is 5.69 Å². The lowest BCUT2D eigenvalue weighted by atomic mass is 10.2. The molecule has 0 aromatic heterocycles. The standard InChI is InChI=1S/C17H26N2O5S/c1-4-19(13-8-10-25(21,22)12-13)9-7-17(20)18-15-6-5-14(23-2)11-16(15)24-3/h5-6,11,13H,4,7-10,12H2,1-3H3,(H,18,20). The Labute approximate surface area is 149 Å². The van der Waals surface area contributed by atoms with Crippen LogP contribution in [0.1, 0.15) is 19.8 Å². The lowest BCUT2D eigenvalue weighted by molar-refractivity contribution is -0.116. The minimum Gasteiger partial charge on any atom is -0.497 e. The summed E-state index contributed by atoms with van der Waals surface area (Å²) >= 11 is 0. The number of hydrogen-bond acceptors (Lipinski definition) is 6. The van der Waals surface area contributed by atoms with E-state index in [1.807, 2.05) is 6.92 Å². The highest BCUT2D eigenvalue weighted by Crippen LogP contribution is 2.29. The van der Waals surface area contributed by atoms with Crippen molar-refractivity contribution in [2.75, 3.05) is 44.1 Å². The fourth-order valence-corrected chi connectivity index (χ4v) is 4.78. The first-order chi connectivity index (χ1) is 11.9. The summed E-state index contributed by atoms with van der Waals surface area (Å²) in [5.41, 5.74) is 0.583. The summed E-state index contributed by atoms with van der Waals surface area (Å²) in [5.74, 6) is 1.47. The molecule has 140 valence electrons. The van der Waals surface area contributed by atoms with Crippen LogP contribution in [0.2, 0.25) is 0 Å². The van der Waals surface area contributed by atoms with Crippen molar-refractivity contribution in [3.8, 4) is 11.5 Å². The van der Waals surface area contributed by atoms with E-state index in [4.69, 9.17) is 9.47 Å². The first-order valence-electron chi connectivity index (χ1n) is 8.35. The van der Waals surface area contributed by atoms with Crippen LogP contribution in [0.25, 0.3) is 0 Å². The maximum atomic E-state index is 12.3. The van der Waals surface area contributed by atoms with Gasteiger partial charge in [0.25, 0.3) is 0 Å². The molecule has 1 fully saturated rings. The van der Waals surface area contributed by atoms with Crippen LogP contribution in [0.15, 0.2) is 18.2 Å². The quantitative estimate of drug-likeness (QED) is 0.747. The van der Waals surface area contributed by atoms with Gasteiger partial charge in [0.2, 0.25) is 5.91 Å². The molecular weight excluding hydrogens is 344 g/mol. The van der Waals surface area contributed by atoms with E-state index in [0.717, 1.165) is 6.54 Å². The van der Waals surface area contributed by atoms with E-state index >= 15 is 0 Å². The number of methoxy groups -OCH3 is 2. The monoisotopic (exact) mass is 370 g/mol. The molecule has 1 aliphatic rings. The molecule has 1 aromatic carbocycles. The van der Waals surface area contributed by atoms with Crippen molar-refractivity contribution in [3.63, 3.8) is 0 Å². The van der Waals surface area contributed by atoms with Crippen molar-refractivity contribution < 1.29 is 22.7 Å². The van der Waals surface area contributed by atoms with Gasteiger partial charge in [0.15, 0.2) is 9.84 Å². The molecule has 1 aromatic rings. The van der Waals surface area contributed by atoms with E-state index in [0.29, 0.717) is 36.6 Å². The number of nitrogens with zero attached hydrogens (tertiary/aromatic N) is 1. The molecule has 1 aliphatic heterocycles. The molecule has 0 saturated carbocycles. The Kier molecular flexibility index (Phi) is 6.66. The molecule has 1 atom stereocenters. The van der Waals surface area contributed by atoms with Gasteiger partial charge in [-0.25, -0.2) is 8.42 Å². The Morgan fingerprint density at radius 3 is 2.64 bits per heavy atom. The second-order valence-corrected chi connectivity index (χ2v) is 8.28. The Balaban J connectivity index is 1.91. The number of sulfone groups is 1. The molecular formula is C17H26N2O5S. The second-order valence-electron chi connectivity index (χ2n) is 6.05. The van der Waals surface area contributed by atoms with Gasteiger partial charge < -0.3 is 14.8 Å². The van der Waals surface area contributed by atoms with Gasteiger partial charge in [-0.3, -0.25) is 9.69 Å². The molecule has 1 N–H and O–H groups in total. The van der Waals surface area contributed by atoms with E-state index in [1.54, 1.807) is 25.3 Å². The first-order valence-corrected chi connectivity index (χ1v) is 10.2. The van der Waals surface area contributed by atoms with Gasteiger partial charge in [-0.1, -0.05) is 6.92 Å². The number of benzene rings is 1. The summed E-state index contributed by atoms with van der Waals surface area (Å²) in [6.07, 6.45) is 0.934. The van der Waals surface area contributed by atoms with Crippen molar-refractivity contribution in [2.45, 2.75) is 25.8 Å². The van der Waals surface area contributed by atoms with Gasteiger partial charge in [0, 0.05) is 25.1 Å². The zero-order valence-electron chi connectivity index (χ0n) is 14.9. The SMILES string of the molecule is CCN(CCC(=O)Nc1ccc(OC)cc1OC)C1CCS(=O)(=O)C1. The topological polar surface area (TPSA) is 84.9 Å². The van der Waals surface area contributed by atoms with Crippen molar-refractivity contribution in [1.29, 1.82) is 0 Å². The van der Waals surface area contributed by atoms with Gasteiger partial charge in [0.05, 0.1) is 31.4 Å². The molecule has 2 rings (SSSR count). The third kappa shape index (κ3) is 5.34. The molecule has 7 nitrogen and oxygen atoms in total. The zero-order valence-corrected chi connectivity index (χ0v) is 15.8. The Bertz CT molecular complexity index is 705. The largest absolute Gasteiger partial charge is 0.497 e. The van der Waals surface area contributed by atoms with Crippen molar-refractivity contribution in [1.82, 2.24) is 4.90 Å². The van der Waals surface area contributed by atoms with Crippen LogP contribution >= 0.6 is 0 Å². The fourth-order valence-electron chi connectivity index (χ4n) is 3.02. The Morgan fingerprint density at radius 1 is 1.32 bits per heavy atom. The summed E-state index contributed by atoms with van der Waals surface area (Å²) < 4.78 is 33.7. The summed E-state index contributed by atoms with van der Waals surface area (Å²) in [4.78, 5) is 14.3. The normalized spacial score (nSPS) is 19.0. The predicted octanol–water partition coefficient (Wildman–Crippen LogP) is 1.54. The molecule has 0 spiro atoms. The van der Waals surface area contributed by atoms with Crippen molar-refractivity contribution in [3.05, 3.63) is 18.2 Å². The lowest BCUT2D eigenvalue weighted by Crippen LogP contribution is -2.38. The Morgan fingerprint density at radius 2 is 2.08 bits per heavy atom. The van der Waals surface area contributed by atoms with E-state index in [9.17, 15) is 13.2 Å². The highest BCUT2D eigenvalue weighted by atomic mass is 32.2. The number of nitrogens with one attached hydrogen (secondary N) is 1. The van der Waals surface area contributed by atoms with Gasteiger partial charge in [0.1, 0.15) is 11.5 Å². The molecule has 0 aliphatic carbocycles. The molecule has 25 heavy (non-hydrogen) atoms. The smallest absolute Gasteiger partial charge is 0.225 e. The third-order valence-corrected chi connectivity index (χ3v) is 6.19. The summed E-state index contributed by atoms with van der Waals surface area (Å²) in [6.45, 7) is 3.23. The van der Waals surface area contributed by atoms with Crippen LogP contribution in [-0.2, 0) is 14.6 Å². The Hall–Kier alpha value is -1.80. The number of amides is 1. The van der Waals surface area contributed by atoms with E-state index < -0.39 is 9.84 Å². The van der Waals surface area contributed by atoms with Gasteiger partial charge in [-0.2, -0.15) is 0 Å². The van der Waals surface area contributed by atoms with Crippen LogP contribution in [0, 0.1) is 0 Å². The average molecular weight is 370 g/mol.